The Morgan fingerprint density at radius 3 is 2.67 bits per heavy atom. The van der Waals surface area contributed by atoms with Crippen LogP contribution in [0, 0.1) is 11.8 Å². The zero-order valence-corrected chi connectivity index (χ0v) is 23.0. The summed E-state index contributed by atoms with van der Waals surface area (Å²) in [7, 11) is 0. The third kappa shape index (κ3) is 5.41. The van der Waals surface area contributed by atoms with Gasteiger partial charge in [-0.1, -0.05) is 62.2 Å². The summed E-state index contributed by atoms with van der Waals surface area (Å²) in [5.41, 5.74) is -0.419. The predicted octanol–water partition coefficient (Wildman–Crippen LogP) is 3.81. The molecule has 3 saturated heterocycles. The van der Waals surface area contributed by atoms with Gasteiger partial charge in [0.25, 0.3) is 0 Å². The predicted molar refractivity (Wildman–Crippen MR) is 147 cm³/mol. The Bertz CT molecular complexity index is 1040. The van der Waals surface area contributed by atoms with Crippen molar-refractivity contribution in [2.75, 3.05) is 26.3 Å². The van der Waals surface area contributed by atoms with Crippen molar-refractivity contribution in [3.05, 3.63) is 61.2 Å². The molecule has 1 aromatic carbocycles. The lowest BCUT2D eigenvalue weighted by Crippen LogP contribution is -2.57. The van der Waals surface area contributed by atoms with Crippen LogP contribution in [0.5, 0.6) is 0 Å². The SMILES string of the molecule is C=CCCCOC(=O)[C@@H]1[C@H]2C(=O)N([C@H](CO)c3ccccc3)C(C(=O)N(CC=C)CCCCC)C23CC[C@H]1O3. The van der Waals surface area contributed by atoms with Gasteiger partial charge >= 0.3 is 5.97 Å². The van der Waals surface area contributed by atoms with Crippen LogP contribution in [-0.2, 0) is 23.9 Å². The Morgan fingerprint density at radius 1 is 1.23 bits per heavy atom. The van der Waals surface area contributed by atoms with Crippen LogP contribution in [-0.4, -0.2) is 76.7 Å². The summed E-state index contributed by atoms with van der Waals surface area (Å²) in [5.74, 6) is -2.63. The second kappa shape index (κ2) is 12.9. The number of hydrogen-bond acceptors (Lipinski definition) is 6. The minimum Gasteiger partial charge on any atom is -0.465 e. The fraction of sp³-hybridized carbons (Fsp3) is 0.581. The molecule has 1 aromatic rings. The number of likely N-dealkylation sites (tertiary alicyclic amines) is 1. The van der Waals surface area contributed by atoms with E-state index >= 15 is 0 Å². The number of benzene rings is 1. The van der Waals surface area contributed by atoms with E-state index in [1.165, 1.54) is 4.90 Å². The molecule has 3 aliphatic heterocycles. The number of fused-ring (bicyclic) bond motifs is 1. The first-order chi connectivity index (χ1) is 18.9. The molecule has 0 radical (unpaired) electrons. The number of carbonyl (C=O) groups is 3. The molecule has 2 amide bonds. The van der Waals surface area contributed by atoms with Gasteiger partial charge < -0.3 is 24.4 Å². The molecule has 1 spiro atoms. The van der Waals surface area contributed by atoms with E-state index in [1.54, 1.807) is 17.1 Å². The average molecular weight is 539 g/mol. The third-order valence-electron chi connectivity index (χ3n) is 8.43. The Balaban J connectivity index is 1.73. The largest absolute Gasteiger partial charge is 0.465 e. The van der Waals surface area contributed by atoms with Crippen LogP contribution < -0.4 is 0 Å². The molecule has 4 rings (SSSR count). The van der Waals surface area contributed by atoms with E-state index in [4.69, 9.17) is 9.47 Å². The fourth-order valence-electron chi connectivity index (χ4n) is 6.67. The minimum atomic E-state index is -1.14. The Morgan fingerprint density at radius 2 is 2.00 bits per heavy atom. The van der Waals surface area contributed by atoms with Crippen LogP contribution >= 0.6 is 0 Å². The summed E-state index contributed by atoms with van der Waals surface area (Å²) in [4.78, 5) is 45.3. The highest BCUT2D eigenvalue weighted by molar-refractivity contribution is 5.98. The van der Waals surface area contributed by atoms with E-state index in [1.807, 2.05) is 30.3 Å². The van der Waals surface area contributed by atoms with Crippen molar-refractivity contribution in [2.45, 2.75) is 75.7 Å². The highest BCUT2D eigenvalue weighted by Crippen LogP contribution is 2.60. The highest BCUT2D eigenvalue weighted by Gasteiger charge is 2.75. The lowest BCUT2D eigenvalue weighted by molar-refractivity contribution is -0.156. The lowest BCUT2D eigenvalue weighted by atomic mass is 9.70. The van der Waals surface area contributed by atoms with Crippen molar-refractivity contribution in [2.24, 2.45) is 11.8 Å². The number of carbonyl (C=O) groups excluding carboxylic acids is 3. The van der Waals surface area contributed by atoms with Crippen molar-refractivity contribution in [3.8, 4) is 0 Å². The van der Waals surface area contributed by atoms with Crippen molar-refractivity contribution in [3.63, 3.8) is 0 Å². The first-order valence-corrected chi connectivity index (χ1v) is 14.3. The van der Waals surface area contributed by atoms with Crippen molar-refractivity contribution >= 4 is 17.8 Å². The van der Waals surface area contributed by atoms with Crippen LogP contribution in [0.2, 0.25) is 0 Å². The van der Waals surface area contributed by atoms with Gasteiger partial charge in [0, 0.05) is 13.1 Å². The zero-order valence-electron chi connectivity index (χ0n) is 23.0. The van der Waals surface area contributed by atoms with E-state index in [0.29, 0.717) is 32.4 Å². The average Bonchev–Trinajstić information content (AvgIpc) is 3.59. The van der Waals surface area contributed by atoms with Crippen LogP contribution in [0.4, 0.5) is 0 Å². The molecule has 0 saturated carbocycles. The second-order valence-electron chi connectivity index (χ2n) is 10.8. The second-order valence-corrected chi connectivity index (χ2v) is 10.8. The normalized spacial score (nSPS) is 27.7. The van der Waals surface area contributed by atoms with Gasteiger partial charge in [-0.15, -0.1) is 13.2 Å². The van der Waals surface area contributed by atoms with Gasteiger partial charge in [0.05, 0.1) is 37.2 Å². The molecule has 39 heavy (non-hydrogen) atoms. The molecule has 0 aromatic heterocycles. The van der Waals surface area contributed by atoms with E-state index in [-0.39, 0.29) is 25.0 Å². The van der Waals surface area contributed by atoms with Crippen LogP contribution in [0.3, 0.4) is 0 Å². The van der Waals surface area contributed by atoms with E-state index in [2.05, 4.69) is 20.1 Å². The smallest absolute Gasteiger partial charge is 0.312 e. The molecular formula is C31H42N2O6. The molecule has 3 fully saturated rings. The Kier molecular flexibility index (Phi) is 9.62. The number of aliphatic hydroxyl groups excluding tert-OH is 1. The quantitative estimate of drug-likeness (QED) is 0.207. The summed E-state index contributed by atoms with van der Waals surface area (Å²) < 4.78 is 12.1. The van der Waals surface area contributed by atoms with Gasteiger partial charge in [-0.3, -0.25) is 14.4 Å². The first kappa shape index (κ1) is 29.0. The molecule has 1 N–H and O–H groups in total. The fourth-order valence-corrected chi connectivity index (χ4v) is 6.67. The van der Waals surface area contributed by atoms with Gasteiger partial charge in [-0.25, -0.2) is 0 Å². The summed E-state index contributed by atoms with van der Waals surface area (Å²) in [6.07, 6.45) is 8.25. The molecule has 6 atom stereocenters. The van der Waals surface area contributed by atoms with Gasteiger partial charge in [0.15, 0.2) is 0 Å². The molecule has 0 aliphatic carbocycles. The molecule has 8 nitrogen and oxygen atoms in total. The van der Waals surface area contributed by atoms with E-state index < -0.39 is 41.6 Å². The molecular weight excluding hydrogens is 496 g/mol. The highest BCUT2D eigenvalue weighted by atomic mass is 16.6. The standard InChI is InChI=1S/C31H42N2O6/c1-4-7-12-19-32(18-6-3)29(36)27-31-17-16-24(39-31)25(30(37)38-20-13-8-5-2)26(31)28(35)33(27)23(21-34)22-14-10-9-11-15-22/h5-6,9-11,14-15,23-27,34H,2-4,7-8,12-13,16-21H2,1H3/t23-,24-,25+,26+,27?,31?/m1/s1. The molecule has 2 unspecified atom stereocenters. The van der Waals surface area contributed by atoms with Gasteiger partial charge in [-0.2, -0.15) is 0 Å². The number of esters is 1. The zero-order chi connectivity index (χ0) is 28.0. The van der Waals surface area contributed by atoms with Crippen molar-refractivity contribution in [1.82, 2.24) is 9.80 Å². The van der Waals surface area contributed by atoms with Crippen LogP contribution in [0.1, 0.15) is 63.5 Å². The monoisotopic (exact) mass is 538 g/mol. The van der Waals surface area contributed by atoms with Crippen LogP contribution in [0.25, 0.3) is 0 Å². The van der Waals surface area contributed by atoms with Crippen molar-refractivity contribution in [1.29, 1.82) is 0 Å². The van der Waals surface area contributed by atoms with Gasteiger partial charge in [0.1, 0.15) is 11.6 Å². The number of aliphatic hydroxyl groups is 1. The number of ether oxygens (including phenoxy) is 2. The maximum Gasteiger partial charge on any atom is 0.312 e. The molecule has 8 heteroatoms. The number of rotatable bonds is 15. The molecule has 2 bridgehead atoms. The van der Waals surface area contributed by atoms with E-state index in [0.717, 1.165) is 31.2 Å². The number of unbranched alkanes of at least 4 members (excludes halogenated alkanes) is 3. The maximum atomic E-state index is 14.4. The maximum absolute atomic E-state index is 14.4. The van der Waals surface area contributed by atoms with E-state index in [9.17, 15) is 19.5 Å². The first-order valence-electron chi connectivity index (χ1n) is 14.3. The summed E-state index contributed by atoms with van der Waals surface area (Å²) in [5, 5.41) is 10.6. The Hall–Kier alpha value is -2.97. The topological polar surface area (TPSA) is 96.4 Å². The molecule has 3 aliphatic rings. The number of hydrogen-bond donors (Lipinski definition) is 1. The molecule has 3 heterocycles. The van der Waals surface area contributed by atoms with Crippen LogP contribution in [0.15, 0.2) is 55.6 Å². The number of amides is 2. The third-order valence-corrected chi connectivity index (χ3v) is 8.43. The van der Waals surface area contributed by atoms with Crippen molar-refractivity contribution < 1.29 is 29.0 Å². The summed E-state index contributed by atoms with van der Waals surface area (Å²) in [6, 6.07) is 7.52. The minimum absolute atomic E-state index is 0.225. The summed E-state index contributed by atoms with van der Waals surface area (Å²) in [6.45, 7) is 10.4. The lowest BCUT2D eigenvalue weighted by Gasteiger charge is -2.39. The van der Waals surface area contributed by atoms with Gasteiger partial charge in [-0.05, 0) is 37.7 Å². The van der Waals surface area contributed by atoms with Gasteiger partial charge in [0.2, 0.25) is 11.8 Å². The number of allylic oxidation sites excluding steroid dienone is 1. The Labute approximate surface area is 231 Å². The summed E-state index contributed by atoms with van der Waals surface area (Å²) >= 11 is 0. The molecule has 212 valence electrons. The number of nitrogens with zero attached hydrogens (tertiary/aromatic N) is 2.